The SMILES string of the molecule is CCNC(=S)NCCCN(Cc1ccccc1)Cc1ccccc1. The van der Waals surface area contributed by atoms with Crippen LogP contribution in [0.4, 0.5) is 0 Å². The third kappa shape index (κ3) is 7.11. The predicted octanol–water partition coefficient (Wildman–Crippen LogP) is 3.56. The van der Waals surface area contributed by atoms with Crippen molar-refractivity contribution in [2.45, 2.75) is 26.4 Å². The normalized spacial score (nSPS) is 10.6. The van der Waals surface area contributed by atoms with Crippen molar-refractivity contribution in [3.05, 3.63) is 71.8 Å². The van der Waals surface area contributed by atoms with Gasteiger partial charge in [0.25, 0.3) is 0 Å². The van der Waals surface area contributed by atoms with Crippen molar-refractivity contribution in [3.63, 3.8) is 0 Å². The van der Waals surface area contributed by atoms with Gasteiger partial charge in [-0.3, -0.25) is 4.90 Å². The molecule has 4 heteroatoms. The Balaban J connectivity index is 1.86. The Kier molecular flexibility index (Phi) is 8.28. The third-order valence-electron chi connectivity index (χ3n) is 3.77. The summed E-state index contributed by atoms with van der Waals surface area (Å²) in [5.74, 6) is 0. The van der Waals surface area contributed by atoms with E-state index in [0.717, 1.165) is 44.3 Å². The van der Waals surface area contributed by atoms with E-state index in [1.807, 2.05) is 0 Å². The predicted molar refractivity (Wildman–Crippen MR) is 106 cm³/mol. The standard InChI is InChI=1S/C20H27N3S/c1-2-21-20(24)22-14-9-15-23(16-18-10-5-3-6-11-18)17-19-12-7-4-8-13-19/h3-8,10-13H,2,9,14-17H2,1H3,(H2,21,22,24). The van der Waals surface area contributed by atoms with Crippen LogP contribution in [0.15, 0.2) is 60.7 Å². The Bertz CT molecular complexity index is 545. The van der Waals surface area contributed by atoms with Gasteiger partial charge in [0.15, 0.2) is 5.11 Å². The number of nitrogens with one attached hydrogen (secondary N) is 2. The zero-order valence-corrected chi connectivity index (χ0v) is 15.2. The number of benzene rings is 2. The molecular weight excluding hydrogens is 314 g/mol. The van der Waals surface area contributed by atoms with E-state index >= 15 is 0 Å². The molecule has 3 nitrogen and oxygen atoms in total. The molecule has 0 atom stereocenters. The molecule has 2 aromatic carbocycles. The van der Waals surface area contributed by atoms with Crippen molar-refractivity contribution < 1.29 is 0 Å². The Hall–Kier alpha value is -1.91. The molecule has 0 bridgehead atoms. The lowest BCUT2D eigenvalue weighted by Gasteiger charge is -2.23. The molecule has 2 aromatic rings. The van der Waals surface area contributed by atoms with Crippen molar-refractivity contribution in [2.75, 3.05) is 19.6 Å². The van der Waals surface area contributed by atoms with E-state index in [0.29, 0.717) is 0 Å². The van der Waals surface area contributed by atoms with Crippen LogP contribution in [0.5, 0.6) is 0 Å². The lowest BCUT2D eigenvalue weighted by Crippen LogP contribution is -2.36. The highest BCUT2D eigenvalue weighted by Gasteiger charge is 2.07. The van der Waals surface area contributed by atoms with Gasteiger partial charge >= 0.3 is 0 Å². The number of thiocarbonyl (C=S) groups is 1. The second-order valence-electron chi connectivity index (χ2n) is 5.82. The van der Waals surface area contributed by atoms with E-state index < -0.39 is 0 Å². The summed E-state index contributed by atoms with van der Waals surface area (Å²) in [6.45, 7) is 6.77. The molecule has 0 aromatic heterocycles. The van der Waals surface area contributed by atoms with Crippen molar-refractivity contribution in [1.29, 1.82) is 0 Å². The van der Waals surface area contributed by atoms with E-state index in [1.54, 1.807) is 0 Å². The summed E-state index contributed by atoms with van der Waals surface area (Å²) >= 11 is 5.21. The zero-order chi connectivity index (χ0) is 17.0. The molecular formula is C20H27N3S. The highest BCUT2D eigenvalue weighted by atomic mass is 32.1. The molecule has 0 spiro atoms. The first kappa shape index (κ1) is 18.4. The Morgan fingerprint density at radius 1 is 0.875 bits per heavy atom. The molecule has 0 saturated heterocycles. The quantitative estimate of drug-likeness (QED) is 0.539. The van der Waals surface area contributed by atoms with E-state index in [9.17, 15) is 0 Å². The average molecular weight is 342 g/mol. The maximum atomic E-state index is 5.21. The van der Waals surface area contributed by atoms with Crippen molar-refractivity contribution >= 4 is 17.3 Å². The van der Waals surface area contributed by atoms with Crippen LogP contribution in [-0.4, -0.2) is 29.6 Å². The second kappa shape index (κ2) is 10.8. The number of hydrogen-bond acceptors (Lipinski definition) is 2. The number of rotatable bonds is 9. The molecule has 0 aliphatic rings. The lowest BCUT2D eigenvalue weighted by atomic mass is 10.1. The molecule has 0 aliphatic heterocycles. The minimum Gasteiger partial charge on any atom is -0.363 e. The van der Waals surface area contributed by atoms with Crippen LogP contribution in [0.1, 0.15) is 24.5 Å². The van der Waals surface area contributed by atoms with Crippen molar-refractivity contribution in [2.24, 2.45) is 0 Å². The maximum Gasteiger partial charge on any atom is 0.166 e. The summed E-state index contributed by atoms with van der Waals surface area (Å²) in [6, 6.07) is 21.3. The first-order valence-electron chi connectivity index (χ1n) is 8.60. The Morgan fingerprint density at radius 3 is 1.92 bits per heavy atom. The molecule has 0 aliphatic carbocycles. The van der Waals surface area contributed by atoms with Crippen LogP contribution < -0.4 is 10.6 Å². The van der Waals surface area contributed by atoms with Crippen LogP contribution in [-0.2, 0) is 13.1 Å². The number of nitrogens with zero attached hydrogens (tertiary/aromatic N) is 1. The second-order valence-corrected chi connectivity index (χ2v) is 6.23. The molecule has 0 unspecified atom stereocenters. The summed E-state index contributed by atoms with van der Waals surface area (Å²) in [5.41, 5.74) is 2.70. The third-order valence-corrected chi connectivity index (χ3v) is 4.06. The molecule has 0 saturated carbocycles. The minimum absolute atomic E-state index is 0.746. The fraction of sp³-hybridized carbons (Fsp3) is 0.350. The van der Waals surface area contributed by atoms with E-state index in [1.165, 1.54) is 11.1 Å². The van der Waals surface area contributed by atoms with Crippen LogP contribution >= 0.6 is 12.2 Å². The summed E-state index contributed by atoms with van der Waals surface area (Å²) in [7, 11) is 0. The van der Waals surface area contributed by atoms with E-state index in [-0.39, 0.29) is 0 Å². The Morgan fingerprint density at radius 2 is 1.42 bits per heavy atom. The van der Waals surface area contributed by atoms with Gasteiger partial charge in [0, 0.05) is 32.7 Å². The molecule has 0 fully saturated rings. The fourth-order valence-electron chi connectivity index (χ4n) is 2.62. The molecule has 24 heavy (non-hydrogen) atoms. The molecule has 2 N–H and O–H groups in total. The van der Waals surface area contributed by atoms with Gasteiger partial charge in [-0.05, 0) is 36.7 Å². The molecule has 0 amide bonds. The monoisotopic (exact) mass is 341 g/mol. The smallest absolute Gasteiger partial charge is 0.166 e. The molecule has 128 valence electrons. The van der Waals surface area contributed by atoms with Gasteiger partial charge in [-0.2, -0.15) is 0 Å². The summed E-state index contributed by atoms with van der Waals surface area (Å²) in [4.78, 5) is 2.49. The summed E-state index contributed by atoms with van der Waals surface area (Å²) < 4.78 is 0. The number of hydrogen-bond donors (Lipinski definition) is 2. The first-order chi connectivity index (χ1) is 11.8. The maximum absolute atomic E-state index is 5.21. The van der Waals surface area contributed by atoms with Crippen LogP contribution in [0.2, 0.25) is 0 Å². The van der Waals surface area contributed by atoms with E-state index in [2.05, 4.69) is 83.1 Å². The largest absolute Gasteiger partial charge is 0.363 e. The van der Waals surface area contributed by atoms with Gasteiger partial charge in [-0.1, -0.05) is 60.7 Å². The summed E-state index contributed by atoms with van der Waals surface area (Å²) in [5, 5.41) is 7.13. The fourth-order valence-corrected chi connectivity index (χ4v) is 2.87. The van der Waals surface area contributed by atoms with Crippen LogP contribution in [0.3, 0.4) is 0 Å². The highest BCUT2D eigenvalue weighted by Crippen LogP contribution is 2.10. The van der Waals surface area contributed by atoms with Crippen LogP contribution in [0.25, 0.3) is 0 Å². The van der Waals surface area contributed by atoms with Gasteiger partial charge in [0.2, 0.25) is 0 Å². The lowest BCUT2D eigenvalue weighted by molar-refractivity contribution is 0.254. The van der Waals surface area contributed by atoms with E-state index in [4.69, 9.17) is 12.2 Å². The minimum atomic E-state index is 0.746. The van der Waals surface area contributed by atoms with Crippen molar-refractivity contribution in [1.82, 2.24) is 15.5 Å². The van der Waals surface area contributed by atoms with Gasteiger partial charge in [-0.15, -0.1) is 0 Å². The first-order valence-corrected chi connectivity index (χ1v) is 9.00. The topological polar surface area (TPSA) is 27.3 Å². The van der Waals surface area contributed by atoms with Gasteiger partial charge < -0.3 is 10.6 Å². The van der Waals surface area contributed by atoms with Crippen LogP contribution in [0, 0.1) is 0 Å². The van der Waals surface area contributed by atoms with Crippen molar-refractivity contribution in [3.8, 4) is 0 Å². The molecule has 2 rings (SSSR count). The highest BCUT2D eigenvalue weighted by molar-refractivity contribution is 7.80. The zero-order valence-electron chi connectivity index (χ0n) is 14.4. The Labute approximate surface area is 151 Å². The molecule has 0 radical (unpaired) electrons. The van der Waals surface area contributed by atoms with Gasteiger partial charge in [-0.25, -0.2) is 0 Å². The van der Waals surface area contributed by atoms with Gasteiger partial charge in [0.1, 0.15) is 0 Å². The summed E-state index contributed by atoms with van der Waals surface area (Å²) in [6.07, 6.45) is 1.06. The van der Waals surface area contributed by atoms with Gasteiger partial charge in [0.05, 0.1) is 0 Å². The average Bonchev–Trinajstić information content (AvgIpc) is 2.61. The molecule has 0 heterocycles.